The van der Waals surface area contributed by atoms with Crippen LogP contribution in [-0.4, -0.2) is 33.0 Å². The molecule has 0 saturated carbocycles. The Kier molecular flexibility index (Phi) is 11.7. The van der Waals surface area contributed by atoms with Crippen LogP contribution in [-0.2, 0) is 4.74 Å². The molecule has 0 N–H and O–H groups in total. The summed E-state index contributed by atoms with van der Waals surface area (Å²) in [4.78, 5) is 11.4. The number of rotatable bonds is 14. The Morgan fingerprint density at radius 1 is 0.846 bits per heavy atom. The Morgan fingerprint density at radius 2 is 1.38 bits per heavy atom. The number of methoxy groups -OCH3 is 1. The second-order valence-electron chi connectivity index (χ2n) is 7.30. The summed E-state index contributed by atoms with van der Waals surface area (Å²) in [6.45, 7) is 8.03. The van der Waals surface area contributed by atoms with E-state index in [1.54, 1.807) is 17.4 Å². The number of esters is 1. The number of carbonyl (C=O) groups is 1. The van der Waals surface area contributed by atoms with Gasteiger partial charge < -0.3 is 4.74 Å². The van der Waals surface area contributed by atoms with E-state index in [4.69, 9.17) is 9.47 Å². The van der Waals surface area contributed by atoms with Gasteiger partial charge in [0, 0.05) is 0 Å². The van der Waals surface area contributed by atoms with Crippen molar-refractivity contribution in [3.63, 3.8) is 0 Å². The number of hydrogen-bond donors (Lipinski definition) is 0. The molecule has 0 aromatic heterocycles. The molecule has 1 rings (SSSR count). The quantitative estimate of drug-likeness (QED) is 0.190. The molecule has 1 aromatic rings. The summed E-state index contributed by atoms with van der Waals surface area (Å²) in [5.41, 5.74) is 0.558. The molecule has 4 heteroatoms. The van der Waals surface area contributed by atoms with E-state index in [0.717, 1.165) is 18.8 Å². The summed E-state index contributed by atoms with van der Waals surface area (Å²) >= 11 is -1.42. The van der Waals surface area contributed by atoms with Crippen molar-refractivity contribution in [3.05, 3.63) is 29.8 Å². The van der Waals surface area contributed by atoms with E-state index in [1.807, 2.05) is 12.1 Å². The third-order valence-electron chi connectivity index (χ3n) is 5.90. The minimum absolute atomic E-state index is 0.311. The molecular weight excluding hydrogens is 385 g/mol. The van der Waals surface area contributed by atoms with Gasteiger partial charge in [-0.05, 0) is 0 Å². The second kappa shape index (κ2) is 13.2. The fourth-order valence-electron chi connectivity index (χ4n) is 3.58. The number of carbonyl (C=O) groups excluding carboxylic acids is 1. The third-order valence-corrected chi connectivity index (χ3v) is 18.3. The molecule has 0 fully saturated rings. The molecule has 26 heavy (non-hydrogen) atoms. The van der Waals surface area contributed by atoms with Gasteiger partial charge in [0.15, 0.2) is 0 Å². The zero-order chi connectivity index (χ0) is 19.3. The monoisotopic (exact) mass is 424 g/mol. The Morgan fingerprint density at radius 3 is 1.92 bits per heavy atom. The van der Waals surface area contributed by atoms with Crippen LogP contribution >= 0.6 is 0 Å². The van der Waals surface area contributed by atoms with Crippen molar-refractivity contribution in [2.24, 2.45) is 0 Å². The molecule has 0 unspecified atom stereocenters. The Labute approximate surface area is 163 Å². The third kappa shape index (κ3) is 8.15. The Hall–Kier alpha value is -0.967. The van der Waals surface area contributed by atoms with Crippen LogP contribution in [0.4, 0.5) is 0 Å². The van der Waals surface area contributed by atoms with Crippen LogP contribution in [0.3, 0.4) is 0 Å². The summed E-state index contributed by atoms with van der Waals surface area (Å²) < 4.78 is 10.4. The molecule has 0 amide bonds. The van der Waals surface area contributed by atoms with Crippen molar-refractivity contribution in [1.82, 2.24) is 0 Å². The number of unbranched alkanes of at least 4 members (excludes halogenated alkanes) is 5. The normalized spacial score (nSPS) is 11.4. The van der Waals surface area contributed by atoms with Gasteiger partial charge in [-0.2, -0.15) is 0 Å². The maximum absolute atomic E-state index is 11.4. The number of ether oxygens (including phenoxy) is 2. The van der Waals surface area contributed by atoms with Crippen LogP contribution in [0.2, 0.25) is 21.0 Å². The first-order valence-electron chi connectivity index (χ1n) is 10.4. The first kappa shape index (κ1) is 23.1. The van der Waals surface area contributed by atoms with Gasteiger partial charge in [0.05, 0.1) is 12.7 Å². The molecule has 0 aliphatic heterocycles. The van der Waals surface area contributed by atoms with E-state index in [0.29, 0.717) is 5.56 Å². The predicted octanol–water partition coefficient (Wildman–Crippen LogP) is 6.70. The van der Waals surface area contributed by atoms with Gasteiger partial charge in [-0.1, -0.05) is 0 Å². The zero-order valence-corrected chi connectivity index (χ0v) is 19.4. The van der Waals surface area contributed by atoms with Crippen molar-refractivity contribution < 1.29 is 14.3 Å². The molecule has 0 radical (unpaired) electrons. The molecule has 0 saturated heterocycles. The molecule has 0 spiro atoms. The Bertz CT molecular complexity index is 486. The van der Waals surface area contributed by atoms with E-state index < -0.39 is 13.3 Å². The van der Waals surface area contributed by atoms with Gasteiger partial charge in [0.1, 0.15) is 0 Å². The predicted molar refractivity (Wildman–Crippen MR) is 113 cm³/mol. The maximum atomic E-state index is 11.4. The van der Waals surface area contributed by atoms with Crippen LogP contribution in [0.1, 0.15) is 69.7 Å². The van der Waals surface area contributed by atoms with E-state index in [2.05, 4.69) is 20.8 Å². The average molecular weight is 423 g/mol. The molecule has 0 aliphatic carbocycles. The standard InChI is InChI=1S/C22H38GeO3/c1-5-23(6-2,7-3)18-12-10-8-9-11-13-19-26-21-16-14-20(15-17-21)22(24)25-4/h14-17H,5-13,18-19H2,1-4H3. The first-order valence-corrected chi connectivity index (χ1v) is 16.4. The summed E-state index contributed by atoms with van der Waals surface area (Å²) in [5.74, 6) is 0.508. The minimum atomic E-state index is -1.42. The fourth-order valence-corrected chi connectivity index (χ4v) is 11.1. The van der Waals surface area contributed by atoms with Crippen molar-refractivity contribution in [1.29, 1.82) is 0 Å². The van der Waals surface area contributed by atoms with E-state index in [-0.39, 0.29) is 5.97 Å². The van der Waals surface area contributed by atoms with E-state index >= 15 is 0 Å². The van der Waals surface area contributed by atoms with Gasteiger partial charge in [-0.15, -0.1) is 0 Å². The van der Waals surface area contributed by atoms with Gasteiger partial charge in [0.2, 0.25) is 0 Å². The van der Waals surface area contributed by atoms with E-state index in [9.17, 15) is 4.79 Å². The van der Waals surface area contributed by atoms with E-state index in [1.165, 1.54) is 55.0 Å². The molecular formula is C22H38GeO3. The molecule has 0 bridgehead atoms. The van der Waals surface area contributed by atoms with Gasteiger partial charge in [-0.25, -0.2) is 4.79 Å². The van der Waals surface area contributed by atoms with Crippen LogP contribution in [0.25, 0.3) is 0 Å². The molecule has 1 aromatic carbocycles. The molecule has 3 nitrogen and oxygen atoms in total. The van der Waals surface area contributed by atoms with Crippen LogP contribution in [0.5, 0.6) is 5.75 Å². The summed E-state index contributed by atoms with van der Waals surface area (Å²) in [5, 5.41) is 6.09. The summed E-state index contributed by atoms with van der Waals surface area (Å²) in [6.07, 6.45) is 7.88. The van der Waals surface area contributed by atoms with Crippen molar-refractivity contribution in [3.8, 4) is 5.75 Å². The van der Waals surface area contributed by atoms with Gasteiger partial charge in [-0.3, -0.25) is 0 Å². The molecule has 0 heterocycles. The Balaban J connectivity index is 2.06. The second-order valence-corrected chi connectivity index (χ2v) is 19.1. The van der Waals surface area contributed by atoms with Gasteiger partial charge >= 0.3 is 141 Å². The number of hydrogen-bond acceptors (Lipinski definition) is 3. The summed E-state index contributed by atoms with van der Waals surface area (Å²) in [7, 11) is 1.39. The van der Waals surface area contributed by atoms with Crippen molar-refractivity contribution in [2.75, 3.05) is 13.7 Å². The molecule has 0 atom stereocenters. The topological polar surface area (TPSA) is 35.5 Å². The van der Waals surface area contributed by atoms with Gasteiger partial charge in [0.25, 0.3) is 0 Å². The first-order chi connectivity index (χ1) is 12.6. The zero-order valence-electron chi connectivity index (χ0n) is 17.3. The van der Waals surface area contributed by atoms with Crippen LogP contribution in [0.15, 0.2) is 24.3 Å². The summed E-state index contributed by atoms with van der Waals surface area (Å²) in [6, 6.07) is 7.15. The number of benzene rings is 1. The fraction of sp³-hybridized carbons (Fsp3) is 0.682. The van der Waals surface area contributed by atoms with Crippen molar-refractivity contribution in [2.45, 2.75) is 80.3 Å². The molecule has 148 valence electrons. The molecule has 0 aliphatic rings. The van der Waals surface area contributed by atoms with Crippen LogP contribution < -0.4 is 4.74 Å². The van der Waals surface area contributed by atoms with Crippen molar-refractivity contribution >= 4 is 19.2 Å². The average Bonchev–Trinajstić information content (AvgIpc) is 2.70. The SMILES string of the molecule is C[CH2][Ge]([CH2]C)([CH2]C)[CH2]CCCCCCCOc1ccc(C(=O)OC)cc1. The van der Waals surface area contributed by atoms with Crippen LogP contribution in [0, 0.1) is 0 Å².